The van der Waals surface area contributed by atoms with E-state index in [9.17, 15) is 4.79 Å². The molecule has 0 bridgehead atoms. The van der Waals surface area contributed by atoms with Crippen LogP contribution in [0.4, 0.5) is 5.69 Å². The van der Waals surface area contributed by atoms with Gasteiger partial charge in [-0.25, -0.2) is 0 Å². The number of unbranched alkanes of at least 4 members (excludes halogenated alkanes) is 1. The van der Waals surface area contributed by atoms with E-state index in [4.69, 9.17) is 4.74 Å². The molecule has 3 nitrogen and oxygen atoms in total. The topological polar surface area (TPSA) is 29.5 Å². The molecule has 17 heavy (non-hydrogen) atoms. The van der Waals surface area contributed by atoms with Crippen molar-refractivity contribution in [3.05, 3.63) is 24.3 Å². The summed E-state index contributed by atoms with van der Waals surface area (Å²) < 4.78 is 5.75. The van der Waals surface area contributed by atoms with Crippen LogP contribution in [0.3, 0.4) is 0 Å². The van der Waals surface area contributed by atoms with Crippen LogP contribution >= 0.6 is 0 Å². The van der Waals surface area contributed by atoms with Gasteiger partial charge in [-0.05, 0) is 32.4 Å². The van der Waals surface area contributed by atoms with Gasteiger partial charge in [-0.3, -0.25) is 4.79 Å². The number of carbonyl (C=O) groups is 1. The van der Waals surface area contributed by atoms with Gasteiger partial charge in [-0.1, -0.05) is 25.5 Å². The lowest BCUT2D eigenvalue weighted by Gasteiger charge is -2.38. The molecule has 0 spiro atoms. The predicted octanol–water partition coefficient (Wildman–Crippen LogP) is 2.99. The minimum atomic E-state index is -0.762. The average molecular weight is 233 g/mol. The Bertz CT molecular complexity index is 426. The van der Waals surface area contributed by atoms with Crippen molar-refractivity contribution < 1.29 is 9.53 Å². The number of hydrogen-bond acceptors (Lipinski definition) is 2. The maximum atomic E-state index is 12.3. The molecule has 0 saturated heterocycles. The number of carbonyl (C=O) groups excluding carboxylic acids is 1. The van der Waals surface area contributed by atoms with Crippen LogP contribution in [0.15, 0.2) is 24.3 Å². The molecule has 0 atom stereocenters. The van der Waals surface area contributed by atoms with E-state index < -0.39 is 5.60 Å². The summed E-state index contributed by atoms with van der Waals surface area (Å²) in [6.07, 6.45) is 2.09. The largest absolute Gasteiger partial charge is 0.476 e. The minimum absolute atomic E-state index is 0.0460. The van der Waals surface area contributed by atoms with Crippen molar-refractivity contribution >= 4 is 11.6 Å². The van der Waals surface area contributed by atoms with Crippen LogP contribution in [0.5, 0.6) is 5.75 Å². The molecule has 0 N–H and O–H groups in total. The van der Waals surface area contributed by atoms with Gasteiger partial charge in [0.25, 0.3) is 5.91 Å². The van der Waals surface area contributed by atoms with Gasteiger partial charge in [0.15, 0.2) is 5.60 Å². The third kappa shape index (κ3) is 2.14. The zero-order valence-electron chi connectivity index (χ0n) is 10.7. The second kappa shape index (κ2) is 4.40. The van der Waals surface area contributed by atoms with Crippen LogP contribution in [0.2, 0.25) is 0 Å². The molecule has 92 valence electrons. The predicted molar refractivity (Wildman–Crippen MR) is 68.4 cm³/mol. The molecule has 0 radical (unpaired) electrons. The van der Waals surface area contributed by atoms with E-state index in [0.717, 1.165) is 30.8 Å². The number of rotatable bonds is 3. The van der Waals surface area contributed by atoms with E-state index in [1.807, 2.05) is 43.0 Å². The number of fused-ring (bicyclic) bond motifs is 1. The molecule has 0 fully saturated rings. The van der Waals surface area contributed by atoms with Crippen LogP contribution in [-0.2, 0) is 4.79 Å². The second-order valence-electron chi connectivity index (χ2n) is 4.89. The van der Waals surface area contributed by atoms with Gasteiger partial charge in [0, 0.05) is 6.54 Å². The number of nitrogens with zero attached hydrogens (tertiary/aromatic N) is 1. The van der Waals surface area contributed by atoms with Gasteiger partial charge >= 0.3 is 0 Å². The maximum Gasteiger partial charge on any atom is 0.270 e. The fraction of sp³-hybridized carbons (Fsp3) is 0.500. The monoisotopic (exact) mass is 233 g/mol. The highest BCUT2D eigenvalue weighted by Crippen LogP contribution is 2.37. The first-order chi connectivity index (χ1) is 8.06. The molecule has 2 rings (SSSR count). The Kier molecular flexibility index (Phi) is 3.09. The van der Waals surface area contributed by atoms with Crippen molar-refractivity contribution in [1.82, 2.24) is 0 Å². The van der Waals surface area contributed by atoms with Crippen molar-refractivity contribution in [3.8, 4) is 5.75 Å². The number of hydrogen-bond donors (Lipinski definition) is 0. The van der Waals surface area contributed by atoms with Crippen LogP contribution in [-0.4, -0.2) is 18.1 Å². The van der Waals surface area contributed by atoms with Crippen molar-refractivity contribution in [2.45, 2.75) is 39.2 Å². The lowest BCUT2D eigenvalue weighted by molar-refractivity contribution is -0.132. The summed E-state index contributed by atoms with van der Waals surface area (Å²) in [7, 11) is 0. The Morgan fingerprint density at radius 1 is 1.29 bits per heavy atom. The fourth-order valence-corrected chi connectivity index (χ4v) is 2.06. The summed E-state index contributed by atoms with van der Waals surface area (Å²) in [5.74, 6) is 0.845. The molecule has 3 heteroatoms. The Hall–Kier alpha value is -1.51. The highest BCUT2D eigenvalue weighted by Gasteiger charge is 2.40. The van der Waals surface area contributed by atoms with E-state index in [-0.39, 0.29) is 5.91 Å². The summed E-state index contributed by atoms with van der Waals surface area (Å²) in [5, 5.41) is 0. The van der Waals surface area contributed by atoms with Crippen LogP contribution in [0.1, 0.15) is 33.6 Å². The first kappa shape index (κ1) is 12.0. The van der Waals surface area contributed by atoms with Crippen molar-refractivity contribution in [2.24, 2.45) is 0 Å². The van der Waals surface area contributed by atoms with E-state index in [1.54, 1.807) is 0 Å². The van der Waals surface area contributed by atoms with E-state index >= 15 is 0 Å². The number of anilines is 1. The third-order valence-corrected chi connectivity index (χ3v) is 3.02. The first-order valence-electron chi connectivity index (χ1n) is 6.16. The molecule has 0 aliphatic carbocycles. The quantitative estimate of drug-likeness (QED) is 0.803. The van der Waals surface area contributed by atoms with E-state index in [2.05, 4.69) is 6.92 Å². The van der Waals surface area contributed by atoms with E-state index in [0.29, 0.717) is 0 Å². The summed E-state index contributed by atoms with van der Waals surface area (Å²) >= 11 is 0. The highest BCUT2D eigenvalue weighted by molar-refractivity contribution is 6.02. The Labute approximate surface area is 102 Å². The minimum Gasteiger partial charge on any atom is -0.476 e. The summed E-state index contributed by atoms with van der Waals surface area (Å²) in [6, 6.07) is 7.73. The number of ether oxygens (including phenoxy) is 1. The van der Waals surface area contributed by atoms with Gasteiger partial charge in [0.1, 0.15) is 5.75 Å². The van der Waals surface area contributed by atoms with Crippen molar-refractivity contribution in [1.29, 1.82) is 0 Å². The number of benzene rings is 1. The first-order valence-corrected chi connectivity index (χ1v) is 6.16. The summed E-state index contributed by atoms with van der Waals surface area (Å²) in [6.45, 7) is 6.54. The van der Waals surface area contributed by atoms with Crippen LogP contribution in [0.25, 0.3) is 0 Å². The smallest absolute Gasteiger partial charge is 0.270 e. The lowest BCUT2D eigenvalue weighted by Crippen LogP contribution is -2.52. The Balaban J connectivity index is 2.38. The Morgan fingerprint density at radius 2 is 2.00 bits per heavy atom. The molecule has 1 aromatic rings. The van der Waals surface area contributed by atoms with Gasteiger partial charge in [0.2, 0.25) is 0 Å². The highest BCUT2D eigenvalue weighted by atomic mass is 16.5. The molecule has 1 amide bonds. The SMILES string of the molecule is CCCCN1C(=O)C(C)(C)Oc2ccccc21. The van der Waals surface area contributed by atoms with Crippen molar-refractivity contribution in [3.63, 3.8) is 0 Å². The molecule has 1 heterocycles. The standard InChI is InChI=1S/C14H19NO2/c1-4-5-10-15-11-8-6-7-9-12(11)17-14(2,3)13(15)16/h6-9H,4-5,10H2,1-3H3. The molecule has 1 aliphatic rings. The lowest BCUT2D eigenvalue weighted by atomic mass is 10.0. The zero-order valence-corrected chi connectivity index (χ0v) is 10.7. The van der Waals surface area contributed by atoms with E-state index in [1.165, 1.54) is 0 Å². The van der Waals surface area contributed by atoms with Crippen molar-refractivity contribution in [2.75, 3.05) is 11.4 Å². The molecule has 1 aliphatic heterocycles. The second-order valence-corrected chi connectivity index (χ2v) is 4.89. The molecular formula is C14H19NO2. The van der Waals surface area contributed by atoms with Crippen LogP contribution in [0, 0.1) is 0 Å². The van der Waals surface area contributed by atoms with Gasteiger partial charge in [-0.15, -0.1) is 0 Å². The van der Waals surface area contributed by atoms with Gasteiger partial charge in [0.05, 0.1) is 5.69 Å². The Morgan fingerprint density at radius 3 is 2.71 bits per heavy atom. The number of para-hydroxylation sites is 2. The third-order valence-electron chi connectivity index (χ3n) is 3.02. The van der Waals surface area contributed by atoms with Crippen LogP contribution < -0.4 is 9.64 Å². The molecule has 0 saturated carbocycles. The maximum absolute atomic E-state index is 12.3. The fourth-order valence-electron chi connectivity index (χ4n) is 2.06. The summed E-state index contributed by atoms with van der Waals surface area (Å²) in [4.78, 5) is 14.2. The van der Waals surface area contributed by atoms with Gasteiger partial charge < -0.3 is 9.64 Å². The molecule has 0 aromatic heterocycles. The molecule has 1 aromatic carbocycles. The number of amides is 1. The molecular weight excluding hydrogens is 214 g/mol. The normalized spacial score (nSPS) is 17.6. The van der Waals surface area contributed by atoms with Gasteiger partial charge in [-0.2, -0.15) is 0 Å². The molecule has 0 unspecified atom stereocenters. The average Bonchev–Trinajstić information content (AvgIpc) is 2.29. The summed E-state index contributed by atoms with van der Waals surface area (Å²) in [5.41, 5.74) is 0.132. The zero-order chi connectivity index (χ0) is 12.5.